The van der Waals surface area contributed by atoms with Crippen molar-refractivity contribution in [1.82, 2.24) is 4.98 Å². The quantitative estimate of drug-likeness (QED) is 0.480. The van der Waals surface area contributed by atoms with Crippen molar-refractivity contribution in [3.63, 3.8) is 0 Å². The van der Waals surface area contributed by atoms with Crippen molar-refractivity contribution < 1.29 is 22.7 Å². The first-order valence-corrected chi connectivity index (χ1v) is 5.36. The Balaban J connectivity index is 3.15. The van der Waals surface area contributed by atoms with Crippen LogP contribution in [0.25, 0.3) is 0 Å². The molecule has 1 aromatic rings. The summed E-state index contributed by atoms with van der Waals surface area (Å²) in [6, 6.07) is 0.603. The third-order valence-electron chi connectivity index (χ3n) is 1.66. The first-order chi connectivity index (χ1) is 7.47. The van der Waals surface area contributed by atoms with E-state index < -0.39 is 29.5 Å². The van der Waals surface area contributed by atoms with Gasteiger partial charge in [-0.05, 0) is 35.6 Å². The summed E-state index contributed by atoms with van der Waals surface area (Å²) in [6.07, 6.45) is -2.83. The van der Waals surface area contributed by atoms with E-state index in [1.165, 1.54) is 22.6 Å². The maximum Gasteiger partial charge on any atom is 0.360 e. The molecule has 3 nitrogen and oxygen atoms in total. The van der Waals surface area contributed by atoms with Crippen LogP contribution in [0.3, 0.4) is 0 Å². The number of alkyl halides is 2. The summed E-state index contributed by atoms with van der Waals surface area (Å²) in [4.78, 5) is 14.7. The van der Waals surface area contributed by atoms with Crippen LogP contribution in [0.15, 0.2) is 6.07 Å². The minimum atomic E-state index is -2.83. The molecule has 0 aliphatic heterocycles. The lowest BCUT2D eigenvalue weighted by atomic mass is 10.2. The summed E-state index contributed by atoms with van der Waals surface area (Å²) in [5, 5.41) is 0. The van der Waals surface area contributed by atoms with Crippen molar-refractivity contribution in [2.24, 2.45) is 0 Å². The summed E-state index contributed by atoms with van der Waals surface area (Å²) < 4.78 is 42.4. The minimum Gasteiger partial charge on any atom is -0.461 e. The SMILES string of the molecule is CCOC(=O)c1nc(I)c(C(F)F)cc1F. The van der Waals surface area contributed by atoms with Gasteiger partial charge in [0.2, 0.25) is 0 Å². The standard InChI is InChI=1S/C9H7F3INO2/c1-2-16-9(15)6-5(10)3-4(7(11)12)8(13)14-6/h3,7H,2H2,1H3. The van der Waals surface area contributed by atoms with Crippen LogP contribution in [-0.2, 0) is 4.74 Å². The van der Waals surface area contributed by atoms with Crippen molar-refractivity contribution in [2.45, 2.75) is 13.3 Å². The van der Waals surface area contributed by atoms with E-state index >= 15 is 0 Å². The van der Waals surface area contributed by atoms with Gasteiger partial charge in [-0.3, -0.25) is 0 Å². The van der Waals surface area contributed by atoms with E-state index in [4.69, 9.17) is 0 Å². The van der Waals surface area contributed by atoms with E-state index in [2.05, 4.69) is 9.72 Å². The number of pyridine rings is 1. The number of carbonyl (C=O) groups excluding carboxylic acids is 1. The van der Waals surface area contributed by atoms with E-state index in [9.17, 15) is 18.0 Å². The van der Waals surface area contributed by atoms with E-state index in [1.54, 1.807) is 6.92 Å². The fourth-order valence-electron chi connectivity index (χ4n) is 0.976. The highest BCUT2D eigenvalue weighted by Crippen LogP contribution is 2.25. The number of hydrogen-bond donors (Lipinski definition) is 0. The summed E-state index contributed by atoms with van der Waals surface area (Å²) in [5.74, 6) is -2.06. The smallest absolute Gasteiger partial charge is 0.360 e. The topological polar surface area (TPSA) is 39.2 Å². The molecule has 1 aromatic heterocycles. The third kappa shape index (κ3) is 2.83. The van der Waals surface area contributed by atoms with Crippen LogP contribution in [0.1, 0.15) is 29.4 Å². The molecule has 1 heterocycles. The van der Waals surface area contributed by atoms with Gasteiger partial charge in [-0.15, -0.1) is 0 Å². The van der Waals surface area contributed by atoms with Gasteiger partial charge in [-0.2, -0.15) is 0 Å². The number of nitrogens with zero attached hydrogens (tertiary/aromatic N) is 1. The number of rotatable bonds is 3. The fourth-order valence-corrected chi connectivity index (χ4v) is 1.61. The molecule has 0 N–H and O–H groups in total. The summed E-state index contributed by atoms with van der Waals surface area (Å²) in [6.45, 7) is 1.61. The predicted molar refractivity (Wildman–Crippen MR) is 57.8 cm³/mol. The Bertz CT molecular complexity index is 412. The number of esters is 1. The van der Waals surface area contributed by atoms with E-state index in [1.807, 2.05) is 0 Å². The Morgan fingerprint density at radius 1 is 1.62 bits per heavy atom. The Morgan fingerprint density at radius 2 is 2.25 bits per heavy atom. The van der Waals surface area contributed by atoms with Crippen molar-refractivity contribution in [3.05, 3.63) is 26.8 Å². The molecule has 0 spiro atoms. The molecule has 0 saturated carbocycles. The van der Waals surface area contributed by atoms with Crippen LogP contribution in [0.4, 0.5) is 13.2 Å². The lowest BCUT2D eigenvalue weighted by molar-refractivity contribution is 0.0512. The Morgan fingerprint density at radius 3 is 2.75 bits per heavy atom. The highest BCUT2D eigenvalue weighted by atomic mass is 127. The van der Waals surface area contributed by atoms with Crippen LogP contribution in [0.2, 0.25) is 0 Å². The van der Waals surface area contributed by atoms with E-state index in [0.717, 1.165) is 0 Å². The maximum absolute atomic E-state index is 13.3. The molecule has 0 bridgehead atoms. The van der Waals surface area contributed by atoms with Crippen LogP contribution >= 0.6 is 22.6 Å². The molecule has 0 radical (unpaired) electrons. The molecule has 1 rings (SSSR count). The van der Waals surface area contributed by atoms with Crippen LogP contribution in [-0.4, -0.2) is 17.6 Å². The second-order valence-corrected chi connectivity index (χ2v) is 3.74. The van der Waals surface area contributed by atoms with E-state index in [-0.39, 0.29) is 10.3 Å². The summed E-state index contributed by atoms with van der Waals surface area (Å²) >= 11 is 1.51. The van der Waals surface area contributed by atoms with Crippen LogP contribution in [0, 0.1) is 9.52 Å². The molecule has 0 aliphatic rings. The molecule has 88 valence electrons. The van der Waals surface area contributed by atoms with Gasteiger partial charge in [0.1, 0.15) is 3.70 Å². The van der Waals surface area contributed by atoms with Crippen molar-refractivity contribution in [2.75, 3.05) is 6.61 Å². The molecule has 0 aliphatic carbocycles. The number of carbonyl (C=O) groups is 1. The zero-order valence-electron chi connectivity index (χ0n) is 8.14. The zero-order chi connectivity index (χ0) is 12.3. The molecule has 16 heavy (non-hydrogen) atoms. The lowest BCUT2D eigenvalue weighted by Crippen LogP contribution is -2.12. The second-order valence-electron chi connectivity index (χ2n) is 2.72. The van der Waals surface area contributed by atoms with Gasteiger partial charge >= 0.3 is 5.97 Å². The molecule has 0 unspecified atom stereocenters. The monoisotopic (exact) mass is 345 g/mol. The first kappa shape index (κ1) is 13.2. The molecular formula is C9H7F3INO2. The normalized spacial score (nSPS) is 10.6. The van der Waals surface area contributed by atoms with Crippen molar-refractivity contribution in [1.29, 1.82) is 0 Å². The van der Waals surface area contributed by atoms with Gasteiger partial charge < -0.3 is 4.74 Å². The van der Waals surface area contributed by atoms with Gasteiger partial charge in [0.25, 0.3) is 6.43 Å². The third-order valence-corrected chi connectivity index (χ3v) is 2.52. The molecular weight excluding hydrogens is 338 g/mol. The zero-order valence-corrected chi connectivity index (χ0v) is 10.3. The Kier molecular flexibility index (Phi) is 4.51. The van der Waals surface area contributed by atoms with Crippen molar-refractivity contribution >= 4 is 28.6 Å². The van der Waals surface area contributed by atoms with Crippen molar-refractivity contribution in [3.8, 4) is 0 Å². The van der Waals surface area contributed by atoms with Gasteiger partial charge in [0, 0.05) is 0 Å². The average molecular weight is 345 g/mol. The highest BCUT2D eigenvalue weighted by Gasteiger charge is 2.21. The summed E-state index contributed by atoms with van der Waals surface area (Å²) in [5.41, 5.74) is -1.11. The number of aromatic nitrogens is 1. The molecule has 0 aromatic carbocycles. The molecule has 0 atom stereocenters. The lowest BCUT2D eigenvalue weighted by Gasteiger charge is -2.06. The van der Waals surface area contributed by atoms with Gasteiger partial charge in [0.05, 0.1) is 12.2 Å². The maximum atomic E-state index is 13.3. The minimum absolute atomic E-state index is 0.0626. The van der Waals surface area contributed by atoms with E-state index in [0.29, 0.717) is 6.07 Å². The summed E-state index contributed by atoms with van der Waals surface area (Å²) in [7, 11) is 0. The van der Waals surface area contributed by atoms with Gasteiger partial charge in [-0.1, -0.05) is 0 Å². The first-order valence-electron chi connectivity index (χ1n) is 4.28. The second kappa shape index (κ2) is 5.46. The molecule has 0 fully saturated rings. The number of halogens is 4. The largest absolute Gasteiger partial charge is 0.461 e. The average Bonchev–Trinajstić information content (AvgIpc) is 2.20. The molecule has 7 heteroatoms. The fraction of sp³-hybridized carbons (Fsp3) is 0.333. The molecule has 0 amide bonds. The predicted octanol–water partition coefficient (Wildman–Crippen LogP) is 2.94. The van der Waals surface area contributed by atoms with Crippen LogP contribution < -0.4 is 0 Å². The Hall–Kier alpha value is -0.860. The van der Waals surface area contributed by atoms with Gasteiger partial charge in [-0.25, -0.2) is 22.9 Å². The van der Waals surface area contributed by atoms with Gasteiger partial charge in [0.15, 0.2) is 11.5 Å². The van der Waals surface area contributed by atoms with Crippen LogP contribution in [0.5, 0.6) is 0 Å². The number of ether oxygens (including phenoxy) is 1. The number of hydrogen-bond acceptors (Lipinski definition) is 3. The molecule has 0 saturated heterocycles. The Labute approximate surface area is 103 Å². The highest BCUT2D eigenvalue weighted by molar-refractivity contribution is 14.1.